The lowest BCUT2D eigenvalue weighted by molar-refractivity contribution is -0.138. The highest BCUT2D eigenvalue weighted by Gasteiger charge is 2.26. The first-order valence-electron chi connectivity index (χ1n) is 5.26. The van der Waals surface area contributed by atoms with Gasteiger partial charge in [-0.3, -0.25) is 9.59 Å². The quantitative estimate of drug-likeness (QED) is 0.692. The van der Waals surface area contributed by atoms with Crippen LogP contribution in [0.4, 0.5) is 0 Å². The molecule has 0 aromatic heterocycles. The number of carboxylic acids is 1. The van der Waals surface area contributed by atoms with E-state index in [0.717, 1.165) is 25.9 Å². The molecule has 86 valence electrons. The fourth-order valence-corrected chi connectivity index (χ4v) is 2.01. The van der Waals surface area contributed by atoms with E-state index in [2.05, 4.69) is 4.90 Å². The van der Waals surface area contributed by atoms with Gasteiger partial charge in [0, 0.05) is 12.0 Å². The Balaban J connectivity index is 2.36. The smallest absolute Gasteiger partial charge is 0.304 e. The van der Waals surface area contributed by atoms with Gasteiger partial charge >= 0.3 is 5.97 Å². The molecule has 1 saturated heterocycles. The number of aliphatic carboxylic acids is 1. The molecule has 15 heavy (non-hydrogen) atoms. The molecule has 3 N–H and O–H groups in total. The first-order chi connectivity index (χ1) is 7.00. The molecule has 1 unspecified atom stereocenters. The average molecular weight is 214 g/mol. The highest BCUT2D eigenvalue weighted by Crippen LogP contribution is 2.19. The molecule has 0 aromatic rings. The Hall–Kier alpha value is -1.10. The summed E-state index contributed by atoms with van der Waals surface area (Å²) in [7, 11) is 0. The highest BCUT2D eigenvalue weighted by molar-refractivity contribution is 5.76. The van der Waals surface area contributed by atoms with Gasteiger partial charge in [-0.05, 0) is 32.9 Å². The van der Waals surface area contributed by atoms with Crippen molar-refractivity contribution in [3.63, 3.8) is 0 Å². The molecule has 1 heterocycles. The van der Waals surface area contributed by atoms with Crippen molar-refractivity contribution >= 4 is 11.9 Å². The van der Waals surface area contributed by atoms with Crippen LogP contribution in [0.3, 0.4) is 0 Å². The van der Waals surface area contributed by atoms with E-state index in [-0.39, 0.29) is 24.3 Å². The number of carbonyl (C=O) groups is 2. The van der Waals surface area contributed by atoms with E-state index in [1.807, 2.05) is 6.92 Å². The summed E-state index contributed by atoms with van der Waals surface area (Å²) < 4.78 is 0. The van der Waals surface area contributed by atoms with Crippen LogP contribution in [0.15, 0.2) is 0 Å². The first-order valence-corrected chi connectivity index (χ1v) is 5.26. The van der Waals surface area contributed by atoms with E-state index in [1.54, 1.807) is 0 Å². The van der Waals surface area contributed by atoms with E-state index in [1.165, 1.54) is 0 Å². The third-order valence-corrected chi connectivity index (χ3v) is 3.03. The van der Waals surface area contributed by atoms with Crippen molar-refractivity contribution < 1.29 is 14.7 Å². The van der Waals surface area contributed by atoms with E-state index < -0.39 is 5.97 Å². The normalized spacial score (nSPS) is 21.1. The summed E-state index contributed by atoms with van der Waals surface area (Å²) in [5.74, 6) is -1.04. The molecule has 0 aliphatic carbocycles. The number of likely N-dealkylation sites (tertiary alicyclic amines) is 1. The number of primary amides is 1. The molecule has 0 aromatic carbocycles. The molecule has 0 bridgehead atoms. The van der Waals surface area contributed by atoms with Crippen molar-refractivity contribution in [3.05, 3.63) is 0 Å². The van der Waals surface area contributed by atoms with E-state index in [4.69, 9.17) is 10.8 Å². The van der Waals surface area contributed by atoms with E-state index in [0.29, 0.717) is 0 Å². The number of amides is 1. The van der Waals surface area contributed by atoms with Gasteiger partial charge in [-0.15, -0.1) is 0 Å². The molecular weight excluding hydrogens is 196 g/mol. The Kier molecular flexibility index (Phi) is 4.08. The fraction of sp³-hybridized carbons (Fsp3) is 0.800. The number of nitrogens with zero attached hydrogens (tertiary/aromatic N) is 1. The van der Waals surface area contributed by atoms with Gasteiger partial charge in [0.25, 0.3) is 0 Å². The van der Waals surface area contributed by atoms with Gasteiger partial charge < -0.3 is 15.7 Å². The van der Waals surface area contributed by atoms with Crippen LogP contribution in [0.5, 0.6) is 0 Å². The summed E-state index contributed by atoms with van der Waals surface area (Å²) in [4.78, 5) is 23.5. The maximum Gasteiger partial charge on any atom is 0.304 e. The molecule has 1 fully saturated rings. The summed E-state index contributed by atoms with van der Waals surface area (Å²) in [6, 6.07) is 0.0383. The SMILES string of the molecule is CC(CC(=O)O)N1CCC(C(N)=O)CC1. The molecule has 0 saturated carbocycles. The lowest BCUT2D eigenvalue weighted by Crippen LogP contribution is -2.43. The molecular formula is C10H18N2O3. The second-order valence-electron chi connectivity index (χ2n) is 4.16. The number of carbonyl (C=O) groups excluding carboxylic acids is 1. The number of piperidine rings is 1. The number of nitrogens with two attached hydrogens (primary N) is 1. The van der Waals surface area contributed by atoms with Crippen LogP contribution in [0.25, 0.3) is 0 Å². The number of hydrogen-bond donors (Lipinski definition) is 2. The summed E-state index contributed by atoms with van der Waals surface area (Å²) in [5, 5.41) is 8.65. The number of carboxylic acid groups (broad SMARTS) is 1. The Morgan fingerprint density at radius 2 is 2.00 bits per heavy atom. The molecule has 0 radical (unpaired) electrons. The van der Waals surface area contributed by atoms with Crippen molar-refractivity contribution in [3.8, 4) is 0 Å². The Labute approximate surface area is 89.2 Å². The maximum absolute atomic E-state index is 10.9. The zero-order valence-corrected chi connectivity index (χ0v) is 8.98. The molecule has 0 spiro atoms. The van der Waals surface area contributed by atoms with Gasteiger partial charge in [0.1, 0.15) is 0 Å². The fourth-order valence-electron chi connectivity index (χ4n) is 2.01. The molecule has 1 rings (SSSR count). The summed E-state index contributed by atoms with van der Waals surface area (Å²) in [6.45, 7) is 3.43. The molecule has 5 nitrogen and oxygen atoms in total. The Bertz CT molecular complexity index is 247. The van der Waals surface area contributed by atoms with Gasteiger partial charge in [-0.1, -0.05) is 0 Å². The van der Waals surface area contributed by atoms with E-state index in [9.17, 15) is 9.59 Å². The standard InChI is InChI=1S/C10H18N2O3/c1-7(6-9(13)14)12-4-2-8(3-5-12)10(11)15/h7-8H,2-6H2,1H3,(H2,11,15)(H,13,14). The molecule has 1 amide bonds. The van der Waals surface area contributed by atoms with Crippen molar-refractivity contribution in [1.82, 2.24) is 4.90 Å². The first kappa shape index (κ1) is 12.0. The molecule has 1 aliphatic rings. The van der Waals surface area contributed by atoms with Crippen molar-refractivity contribution in [1.29, 1.82) is 0 Å². The lowest BCUT2D eigenvalue weighted by atomic mass is 9.95. The Morgan fingerprint density at radius 1 is 1.47 bits per heavy atom. The van der Waals surface area contributed by atoms with Crippen molar-refractivity contribution in [2.45, 2.75) is 32.2 Å². The van der Waals surface area contributed by atoms with Gasteiger partial charge in [-0.2, -0.15) is 0 Å². The van der Waals surface area contributed by atoms with Gasteiger partial charge in [-0.25, -0.2) is 0 Å². The summed E-state index contributed by atoms with van der Waals surface area (Å²) in [6.07, 6.45) is 1.65. The average Bonchev–Trinajstić information content (AvgIpc) is 2.17. The largest absolute Gasteiger partial charge is 0.481 e. The van der Waals surface area contributed by atoms with Crippen LogP contribution in [0.2, 0.25) is 0 Å². The van der Waals surface area contributed by atoms with Crippen LogP contribution in [0, 0.1) is 5.92 Å². The summed E-state index contributed by atoms with van der Waals surface area (Å²) >= 11 is 0. The number of rotatable bonds is 4. The Morgan fingerprint density at radius 3 is 2.40 bits per heavy atom. The van der Waals surface area contributed by atoms with Gasteiger partial charge in [0.15, 0.2) is 0 Å². The lowest BCUT2D eigenvalue weighted by Gasteiger charge is -2.34. The van der Waals surface area contributed by atoms with Crippen molar-refractivity contribution in [2.24, 2.45) is 11.7 Å². The van der Waals surface area contributed by atoms with E-state index >= 15 is 0 Å². The topological polar surface area (TPSA) is 83.6 Å². The van der Waals surface area contributed by atoms with Crippen LogP contribution in [-0.4, -0.2) is 41.0 Å². The minimum absolute atomic E-state index is 0.0294. The predicted octanol–water partition coefficient (Wildman–Crippen LogP) is 0.0469. The molecule has 1 atom stereocenters. The number of hydrogen-bond acceptors (Lipinski definition) is 3. The van der Waals surface area contributed by atoms with Crippen LogP contribution < -0.4 is 5.73 Å². The monoisotopic (exact) mass is 214 g/mol. The van der Waals surface area contributed by atoms with Gasteiger partial charge in [0.05, 0.1) is 6.42 Å². The van der Waals surface area contributed by atoms with Crippen LogP contribution in [0.1, 0.15) is 26.2 Å². The van der Waals surface area contributed by atoms with Crippen molar-refractivity contribution in [2.75, 3.05) is 13.1 Å². The highest BCUT2D eigenvalue weighted by atomic mass is 16.4. The van der Waals surface area contributed by atoms with Gasteiger partial charge in [0.2, 0.25) is 5.91 Å². The zero-order chi connectivity index (χ0) is 11.4. The second kappa shape index (κ2) is 5.11. The minimum Gasteiger partial charge on any atom is -0.481 e. The van der Waals surface area contributed by atoms with Crippen LogP contribution in [-0.2, 0) is 9.59 Å². The molecule has 5 heteroatoms. The van der Waals surface area contributed by atoms with Crippen LogP contribution >= 0.6 is 0 Å². The minimum atomic E-state index is -0.778. The predicted molar refractivity (Wildman–Crippen MR) is 55.2 cm³/mol. The zero-order valence-electron chi connectivity index (χ0n) is 8.98. The summed E-state index contributed by atoms with van der Waals surface area (Å²) in [5.41, 5.74) is 5.22. The molecule has 1 aliphatic heterocycles. The third kappa shape index (κ3) is 3.51. The maximum atomic E-state index is 10.9. The second-order valence-corrected chi connectivity index (χ2v) is 4.16. The third-order valence-electron chi connectivity index (χ3n) is 3.03.